The Morgan fingerprint density at radius 1 is 1.06 bits per heavy atom. The number of ether oxygens (including phenoxy) is 3. The maximum absolute atomic E-state index is 13.5. The van der Waals surface area contributed by atoms with Gasteiger partial charge in [0.15, 0.2) is 6.61 Å². The smallest absolute Gasteiger partial charge is 0.407 e. The van der Waals surface area contributed by atoms with Gasteiger partial charge >= 0.3 is 12.1 Å². The summed E-state index contributed by atoms with van der Waals surface area (Å²) >= 11 is 0. The highest BCUT2D eigenvalue weighted by Gasteiger charge is 2.34. The fourth-order valence-electron chi connectivity index (χ4n) is 3.53. The van der Waals surface area contributed by atoms with Crippen LogP contribution in [0.1, 0.15) is 25.0 Å². The van der Waals surface area contributed by atoms with Crippen LogP contribution in [0.5, 0.6) is 5.75 Å². The van der Waals surface area contributed by atoms with Crippen LogP contribution in [-0.2, 0) is 30.7 Å². The molecule has 1 aliphatic rings. The Bertz CT molecular complexity index is 1100. The molecule has 1 unspecified atom stereocenters. The van der Waals surface area contributed by atoms with Gasteiger partial charge in [0, 0.05) is 0 Å². The minimum absolute atomic E-state index is 0.0467. The molecule has 0 bridgehead atoms. The van der Waals surface area contributed by atoms with Crippen molar-refractivity contribution in [1.29, 1.82) is 0 Å². The molecule has 0 fully saturated rings. The summed E-state index contributed by atoms with van der Waals surface area (Å²) in [6.07, 6.45) is -0.252. The van der Waals surface area contributed by atoms with Gasteiger partial charge in [-0.15, -0.1) is 0 Å². The van der Waals surface area contributed by atoms with E-state index in [1.165, 1.54) is 4.31 Å². The first kappa shape index (κ1) is 24.4. The Morgan fingerprint density at radius 2 is 1.76 bits per heavy atom. The topological polar surface area (TPSA) is 111 Å². The molecular formula is C23H28N2O7S. The normalized spacial score (nSPS) is 15.4. The number of rotatable bonds is 8. The summed E-state index contributed by atoms with van der Waals surface area (Å²) in [7, 11) is -3.89. The van der Waals surface area contributed by atoms with Gasteiger partial charge in [-0.1, -0.05) is 17.7 Å². The lowest BCUT2D eigenvalue weighted by Crippen LogP contribution is -2.50. The molecule has 33 heavy (non-hydrogen) atoms. The number of nitrogens with one attached hydrogen (secondary N) is 1. The van der Waals surface area contributed by atoms with Gasteiger partial charge in [-0.05, 0) is 63.1 Å². The van der Waals surface area contributed by atoms with Crippen LogP contribution in [0.25, 0.3) is 0 Å². The molecule has 0 spiro atoms. The van der Waals surface area contributed by atoms with E-state index in [1.54, 1.807) is 56.3 Å². The summed E-state index contributed by atoms with van der Waals surface area (Å²) in [4.78, 5) is 23.8. The molecule has 1 amide bonds. The maximum atomic E-state index is 13.5. The summed E-state index contributed by atoms with van der Waals surface area (Å²) < 4.78 is 43.6. The molecule has 1 N–H and O–H groups in total. The van der Waals surface area contributed by atoms with Crippen molar-refractivity contribution >= 4 is 27.8 Å². The van der Waals surface area contributed by atoms with E-state index in [-0.39, 0.29) is 31.3 Å². The lowest BCUT2D eigenvalue weighted by atomic mass is 9.99. The van der Waals surface area contributed by atoms with Crippen LogP contribution in [0.4, 0.5) is 10.5 Å². The van der Waals surface area contributed by atoms with Crippen LogP contribution in [0, 0.1) is 6.92 Å². The van der Waals surface area contributed by atoms with Crippen molar-refractivity contribution in [2.24, 2.45) is 0 Å². The van der Waals surface area contributed by atoms with Gasteiger partial charge in [-0.3, -0.25) is 4.31 Å². The van der Waals surface area contributed by atoms with E-state index >= 15 is 0 Å². The van der Waals surface area contributed by atoms with E-state index in [0.717, 1.165) is 5.56 Å². The third kappa shape index (κ3) is 5.95. The largest absolute Gasteiger partial charge is 0.482 e. The highest BCUT2D eigenvalue weighted by Crippen LogP contribution is 2.34. The molecule has 2 aromatic carbocycles. The Kier molecular flexibility index (Phi) is 7.80. The minimum atomic E-state index is -3.89. The lowest BCUT2D eigenvalue weighted by Gasteiger charge is -2.35. The van der Waals surface area contributed by atoms with Crippen molar-refractivity contribution in [3.63, 3.8) is 0 Å². The molecule has 0 saturated heterocycles. The summed E-state index contributed by atoms with van der Waals surface area (Å²) in [5.74, 6) is -0.105. The van der Waals surface area contributed by atoms with Crippen LogP contribution < -0.4 is 14.4 Å². The molecular weight excluding hydrogens is 448 g/mol. The number of carbonyl (C=O) groups is 2. The van der Waals surface area contributed by atoms with Gasteiger partial charge in [0.25, 0.3) is 10.0 Å². The Morgan fingerprint density at radius 3 is 2.42 bits per heavy atom. The summed E-state index contributed by atoms with van der Waals surface area (Å²) in [5.41, 5.74) is 2.08. The predicted molar refractivity (Wildman–Crippen MR) is 122 cm³/mol. The third-order valence-corrected chi connectivity index (χ3v) is 6.83. The quantitative estimate of drug-likeness (QED) is 0.583. The zero-order valence-corrected chi connectivity index (χ0v) is 19.7. The number of aryl methyl sites for hydroxylation is 1. The zero-order valence-electron chi connectivity index (χ0n) is 18.9. The molecule has 0 saturated carbocycles. The van der Waals surface area contributed by atoms with Gasteiger partial charge in [0.2, 0.25) is 0 Å². The van der Waals surface area contributed by atoms with Gasteiger partial charge in [0.05, 0.1) is 36.4 Å². The minimum Gasteiger partial charge on any atom is -0.482 e. The predicted octanol–water partition coefficient (Wildman–Crippen LogP) is 2.80. The molecule has 2 aromatic rings. The standard InChI is InChI=1S/C23H28N2O7S/c1-4-30-22(26)15-32-19-8-11-21-17(13-19)12-18(24-23(27)31-5-2)14-25(21)33(28,29)20-9-6-16(3)7-10-20/h6-11,13,18H,4-5,12,14-15H2,1-3H3,(H,24,27). The van der Waals surface area contributed by atoms with E-state index in [9.17, 15) is 18.0 Å². The molecule has 178 valence electrons. The van der Waals surface area contributed by atoms with Gasteiger partial charge < -0.3 is 19.5 Å². The summed E-state index contributed by atoms with van der Waals surface area (Å²) in [6.45, 7) is 5.51. The fraction of sp³-hybridized carbons (Fsp3) is 0.391. The second-order valence-corrected chi connectivity index (χ2v) is 9.36. The van der Waals surface area contributed by atoms with Crippen LogP contribution in [-0.4, -0.2) is 52.9 Å². The average Bonchev–Trinajstić information content (AvgIpc) is 2.77. The van der Waals surface area contributed by atoms with Crippen LogP contribution in [0.2, 0.25) is 0 Å². The van der Waals surface area contributed by atoms with E-state index in [0.29, 0.717) is 23.4 Å². The van der Waals surface area contributed by atoms with Crippen molar-refractivity contribution < 1.29 is 32.2 Å². The zero-order chi connectivity index (χ0) is 24.0. The van der Waals surface area contributed by atoms with Crippen molar-refractivity contribution in [3.8, 4) is 5.75 Å². The van der Waals surface area contributed by atoms with Crippen molar-refractivity contribution in [1.82, 2.24) is 5.32 Å². The number of hydrogen-bond donors (Lipinski definition) is 1. The monoisotopic (exact) mass is 476 g/mol. The number of carbonyl (C=O) groups excluding carboxylic acids is 2. The SMILES string of the molecule is CCOC(=O)COc1ccc2c(c1)CC(NC(=O)OCC)CN2S(=O)(=O)c1ccc(C)cc1. The average molecular weight is 477 g/mol. The van der Waals surface area contributed by atoms with Crippen molar-refractivity contribution in [2.45, 2.75) is 38.1 Å². The Hall–Kier alpha value is -3.27. The Labute approximate surface area is 193 Å². The number of sulfonamides is 1. The number of alkyl carbamates (subject to hydrolysis) is 1. The molecule has 0 aliphatic carbocycles. The number of hydrogen-bond acceptors (Lipinski definition) is 7. The molecule has 0 aromatic heterocycles. The molecule has 10 heteroatoms. The molecule has 0 radical (unpaired) electrons. The Balaban J connectivity index is 1.93. The van der Waals surface area contributed by atoms with E-state index in [2.05, 4.69) is 5.32 Å². The molecule has 1 aliphatic heterocycles. The van der Waals surface area contributed by atoms with E-state index in [4.69, 9.17) is 14.2 Å². The summed E-state index contributed by atoms with van der Waals surface area (Å²) in [6, 6.07) is 11.0. The molecule has 9 nitrogen and oxygen atoms in total. The second kappa shape index (κ2) is 10.6. The molecule has 1 heterocycles. The number of nitrogens with zero attached hydrogens (tertiary/aromatic N) is 1. The number of anilines is 1. The fourth-order valence-corrected chi connectivity index (χ4v) is 5.08. The number of esters is 1. The molecule has 3 rings (SSSR count). The van der Waals surface area contributed by atoms with E-state index < -0.39 is 28.1 Å². The first-order valence-electron chi connectivity index (χ1n) is 10.7. The number of amides is 1. The highest BCUT2D eigenvalue weighted by atomic mass is 32.2. The van der Waals surface area contributed by atoms with Crippen molar-refractivity contribution in [3.05, 3.63) is 53.6 Å². The van der Waals surface area contributed by atoms with Crippen molar-refractivity contribution in [2.75, 3.05) is 30.7 Å². The second-order valence-electron chi connectivity index (χ2n) is 7.50. The lowest BCUT2D eigenvalue weighted by molar-refractivity contribution is -0.145. The van der Waals surface area contributed by atoms with Crippen LogP contribution >= 0.6 is 0 Å². The van der Waals surface area contributed by atoms with Gasteiger partial charge in [0.1, 0.15) is 5.75 Å². The number of fused-ring (bicyclic) bond motifs is 1. The van der Waals surface area contributed by atoms with E-state index in [1.807, 2.05) is 6.92 Å². The van der Waals surface area contributed by atoms with Crippen LogP contribution in [0.15, 0.2) is 47.4 Å². The first-order chi connectivity index (χ1) is 15.7. The molecule has 1 atom stereocenters. The highest BCUT2D eigenvalue weighted by molar-refractivity contribution is 7.92. The first-order valence-corrected chi connectivity index (χ1v) is 12.1. The number of benzene rings is 2. The third-order valence-electron chi connectivity index (χ3n) is 5.04. The summed E-state index contributed by atoms with van der Waals surface area (Å²) in [5, 5.41) is 2.73. The van der Waals surface area contributed by atoms with Gasteiger partial charge in [-0.25, -0.2) is 18.0 Å². The maximum Gasteiger partial charge on any atom is 0.407 e. The van der Waals surface area contributed by atoms with Gasteiger partial charge in [-0.2, -0.15) is 0 Å². The van der Waals surface area contributed by atoms with Crippen LogP contribution in [0.3, 0.4) is 0 Å².